The van der Waals surface area contributed by atoms with E-state index in [9.17, 15) is 13.6 Å². The molecular formula is C14H13F2N3O. The molecule has 0 unspecified atom stereocenters. The summed E-state index contributed by atoms with van der Waals surface area (Å²) < 4.78 is 27.5. The van der Waals surface area contributed by atoms with Crippen LogP contribution in [0.1, 0.15) is 28.3 Å². The molecular weight excluding hydrogens is 264 g/mol. The summed E-state index contributed by atoms with van der Waals surface area (Å²) in [7, 11) is 0. The molecule has 0 saturated carbocycles. The largest absolute Gasteiger partial charge is 0.338 e. The minimum Gasteiger partial charge on any atom is -0.338 e. The Hall–Kier alpha value is -2.24. The molecule has 2 aromatic rings. The summed E-state index contributed by atoms with van der Waals surface area (Å²) in [6, 6.07) is 3.84. The minimum absolute atomic E-state index is 0.0787. The Balaban J connectivity index is 1.79. The second-order valence-corrected chi connectivity index (χ2v) is 4.86. The van der Waals surface area contributed by atoms with Gasteiger partial charge in [0.15, 0.2) is 0 Å². The summed E-state index contributed by atoms with van der Waals surface area (Å²) in [6.07, 6.45) is 3.51. The summed E-state index contributed by atoms with van der Waals surface area (Å²) in [5.41, 5.74) is 0.537. The number of rotatable bonds is 2. The number of nitrogens with zero attached hydrogens (tertiary/aromatic N) is 2. The topological polar surface area (TPSA) is 49.0 Å². The molecule has 20 heavy (non-hydrogen) atoms. The van der Waals surface area contributed by atoms with Crippen LogP contribution in [0.15, 0.2) is 30.6 Å². The van der Waals surface area contributed by atoms with Crippen LogP contribution in [0.25, 0.3) is 0 Å². The van der Waals surface area contributed by atoms with Gasteiger partial charge in [-0.25, -0.2) is 8.78 Å². The molecule has 1 amide bonds. The van der Waals surface area contributed by atoms with E-state index in [4.69, 9.17) is 0 Å². The van der Waals surface area contributed by atoms with Crippen molar-refractivity contribution in [1.82, 2.24) is 15.1 Å². The van der Waals surface area contributed by atoms with Crippen molar-refractivity contribution in [3.63, 3.8) is 0 Å². The van der Waals surface area contributed by atoms with Gasteiger partial charge in [0.2, 0.25) is 0 Å². The Morgan fingerprint density at radius 3 is 2.75 bits per heavy atom. The number of likely N-dealkylation sites (tertiary alicyclic amines) is 1. The number of halogens is 2. The van der Waals surface area contributed by atoms with Crippen LogP contribution in [0.3, 0.4) is 0 Å². The van der Waals surface area contributed by atoms with Crippen molar-refractivity contribution < 1.29 is 13.6 Å². The van der Waals surface area contributed by atoms with Crippen molar-refractivity contribution in [2.24, 2.45) is 0 Å². The van der Waals surface area contributed by atoms with Crippen molar-refractivity contribution in [3.05, 3.63) is 53.4 Å². The maximum Gasteiger partial charge on any atom is 0.257 e. The Labute approximate surface area is 114 Å². The number of aromatic nitrogens is 2. The molecule has 1 aromatic heterocycles. The summed E-state index contributed by atoms with van der Waals surface area (Å²) in [4.78, 5) is 13.7. The first kappa shape index (κ1) is 12.8. The van der Waals surface area contributed by atoms with Crippen molar-refractivity contribution in [1.29, 1.82) is 0 Å². The van der Waals surface area contributed by atoms with Crippen LogP contribution >= 0.6 is 0 Å². The highest BCUT2D eigenvalue weighted by Crippen LogP contribution is 2.31. The number of amides is 1. The molecule has 1 aromatic carbocycles. The van der Waals surface area contributed by atoms with Gasteiger partial charge in [0.25, 0.3) is 5.91 Å². The lowest BCUT2D eigenvalue weighted by atomic mass is 9.97. The number of benzene rings is 1. The van der Waals surface area contributed by atoms with Crippen LogP contribution in [0.2, 0.25) is 0 Å². The van der Waals surface area contributed by atoms with E-state index in [1.165, 1.54) is 30.6 Å². The number of aromatic amines is 1. The molecule has 0 bridgehead atoms. The maximum atomic E-state index is 13.7. The van der Waals surface area contributed by atoms with E-state index >= 15 is 0 Å². The second-order valence-electron chi connectivity index (χ2n) is 4.86. The molecule has 1 aliphatic heterocycles. The molecule has 1 saturated heterocycles. The van der Waals surface area contributed by atoms with Crippen molar-refractivity contribution in [2.75, 3.05) is 13.1 Å². The first-order valence-corrected chi connectivity index (χ1v) is 6.39. The van der Waals surface area contributed by atoms with E-state index in [2.05, 4.69) is 10.2 Å². The highest BCUT2D eigenvalue weighted by molar-refractivity contribution is 5.93. The Bertz CT molecular complexity index is 607. The summed E-state index contributed by atoms with van der Waals surface area (Å²) in [5, 5.41) is 6.31. The van der Waals surface area contributed by atoms with E-state index in [1.54, 1.807) is 4.90 Å². The lowest BCUT2D eigenvalue weighted by Crippen LogP contribution is -2.28. The van der Waals surface area contributed by atoms with Gasteiger partial charge in [0.05, 0.1) is 11.8 Å². The predicted molar refractivity (Wildman–Crippen MR) is 68.2 cm³/mol. The molecule has 4 nitrogen and oxygen atoms in total. The third-order valence-corrected chi connectivity index (χ3v) is 3.63. The molecule has 104 valence electrons. The number of nitrogens with one attached hydrogen (secondary N) is 1. The van der Waals surface area contributed by atoms with Gasteiger partial charge in [-0.2, -0.15) is 5.10 Å². The number of hydrogen-bond acceptors (Lipinski definition) is 2. The molecule has 0 spiro atoms. The fourth-order valence-corrected chi connectivity index (χ4v) is 2.63. The van der Waals surface area contributed by atoms with Gasteiger partial charge in [-0.05, 0) is 18.6 Å². The maximum absolute atomic E-state index is 13.7. The van der Waals surface area contributed by atoms with Crippen LogP contribution < -0.4 is 0 Å². The lowest BCUT2D eigenvalue weighted by molar-refractivity contribution is 0.0790. The van der Waals surface area contributed by atoms with E-state index in [1.807, 2.05) is 0 Å². The standard InChI is InChI=1S/C14H13F2N3O/c15-11-2-1-3-12(16)13(11)9-4-5-19(8-9)14(20)10-6-17-18-7-10/h1-3,6-7,9H,4-5,8H2,(H,17,18)/t9-/m0/s1. The zero-order valence-electron chi connectivity index (χ0n) is 10.6. The summed E-state index contributed by atoms with van der Waals surface area (Å²) in [5.74, 6) is -1.56. The number of hydrogen-bond donors (Lipinski definition) is 1. The predicted octanol–water partition coefficient (Wildman–Crippen LogP) is 2.32. The Morgan fingerprint density at radius 1 is 1.35 bits per heavy atom. The normalized spacial score (nSPS) is 18.5. The molecule has 1 atom stereocenters. The highest BCUT2D eigenvalue weighted by atomic mass is 19.1. The Morgan fingerprint density at radius 2 is 2.10 bits per heavy atom. The molecule has 1 aliphatic rings. The van der Waals surface area contributed by atoms with E-state index in [0.717, 1.165) is 0 Å². The second kappa shape index (κ2) is 5.03. The van der Waals surface area contributed by atoms with Gasteiger partial charge in [0, 0.05) is 30.8 Å². The highest BCUT2D eigenvalue weighted by Gasteiger charge is 2.31. The third-order valence-electron chi connectivity index (χ3n) is 3.63. The SMILES string of the molecule is O=C(c1cn[nH]c1)N1CC[C@H](c2c(F)cccc2F)C1. The minimum atomic E-state index is -0.549. The van der Waals surface area contributed by atoms with Crippen LogP contribution in [-0.4, -0.2) is 34.1 Å². The molecule has 0 aliphatic carbocycles. The molecule has 0 radical (unpaired) electrons. The van der Waals surface area contributed by atoms with Gasteiger partial charge in [0.1, 0.15) is 11.6 Å². The van der Waals surface area contributed by atoms with Crippen molar-refractivity contribution in [2.45, 2.75) is 12.3 Å². The number of carbonyl (C=O) groups is 1. The fraction of sp³-hybridized carbons (Fsp3) is 0.286. The van der Waals surface area contributed by atoms with Crippen LogP contribution in [0.5, 0.6) is 0 Å². The van der Waals surface area contributed by atoms with Crippen LogP contribution in [0.4, 0.5) is 8.78 Å². The van der Waals surface area contributed by atoms with E-state index < -0.39 is 11.6 Å². The van der Waals surface area contributed by atoms with Gasteiger partial charge < -0.3 is 4.90 Å². The van der Waals surface area contributed by atoms with Crippen molar-refractivity contribution in [3.8, 4) is 0 Å². The quantitative estimate of drug-likeness (QED) is 0.915. The fourth-order valence-electron chi connectivity index (χ4n) is 2.63. The first-order chi connectivity index (χ1) is 9.66. The monoisotopic (exact) mass is 277 g/mol. The average molecular weight is 277 g/mol. The number of carbonyl (C=O) groups excluding carboxylic acids is 1. The van der Waals surface area contributed by atoms with Gasteiger partial charge in [-0.1, -0.05) is 6.07 Å². The summed E-state index contributed by atoms with van der Waals surface area (Å²) >= 11 is 0. The molecule has 3 rings (SSSR count). The summed E-state index contributed by atoms with van der Waals surface area (Å²) in [6.45, 7) is 0.810. The van der Waals surface area contributed by atoms with Gasteiger partial charge in [-0.15, -0.1) is 0 Å². The number of H-pyrrole nitrogens is 1. The molecule has 1 fully saturated rings. The first-order valence-electron chi connectivity index (χ1n) is 6.39. The van der Waals surface area contributed by atoms with E-state index in [0.29, 0.717) is 25.1 Å². The zero-order chi connectivity index (χ0) is 14.1. The van der Waals surface area contributed by atoms with Gasteiger partial charge in [-0.3, -0.25) is 9.89 Å². The smallest absolute Gasteiger partial charge is 0.257 e. The molecule has 1 N–H and O–H groups in total. The Kier molecular flexibility index (Phi) is 3.22. The lowest BCUT2D eigenvalue weighted by Gasteiger charge is -2.16. The zero-order valence-corrected chi connectivity index (χ0v) is 10.6. The van der Waals surface area contributed by atoms with Crippen LogP contribution in [-0.2, 0) is 0 Å². The van der Waals surface area contributed by atoms with Gasteiger partial charge >= 0.3 is 0 Å². The third kappa shape index (κ3) is 2.17. The van der Waals surface area contributed by atoms with Crippen LogP contribution in [0, 0.1) is 11.6 Å². The van der Waals surface area contributed by atoms with Crippen molar-refractivity contribution >= 4 is 5.91 Å². The molecule has 6 heteroatoms. The molecule has 2 heterocycles. The van der Waals surface area contributed by atoms with E-state index in [-0.39, 0.29) is 17.4 Å². The average Bonchev–Trinajstić information content (AvgIpc) is 3.09.